The van der Waals surface area contributed by atoms with E-state index in [1.807, 2.05) is 0 Å². The lowest BCUT2D eigenvalue weighted by molar-refractivity contribution is -0.158. The first kappa shape index (κ1) is 123. The highest BCUT2D eigenvalue weighted by Crippen LogP contribution is 2.24. The number of H-pyrrole nitrogens is 1. The zero-order chi connectivity index (χ0) is 110. The highest BCUT2D eigenvalue weighted by Gasteiger charge is 2.41. The Morgan fingerprint density at radius 3 is 1.32 bits per heavy atom. The molecule has 4 heterocycles. The zero-order valence-corrected chi connectivity index (χ0v) is 87.3. The van der Waals surface area contributed by atoms with Crippen LogP contribution in [-0.2, 0) is 99.1 Å². The van der Waals surface area contributed by atoms with Gasteiger partial charge in [0, 0.05) is 123 Å². The van der Waals surface area contributed by atoms with Crippen molar-refractivity contribution in [2.75, 3.05) is 87.2 Å². The Hall–Kier alpha value is -14.2. The van der Waals surface area contributed by atoms with E-state index in [2.05, 4.69) is 101 Å². The minimum atomic E-state index is -1.79. The predicted octanol–water partition coefficient (Wildman–Crippen LogP) is -6.23. The number of guanidine groups is 5. The molecular formula is C93H150N34O19S3. The molecule has 0 saturated carbocycles. The summed E-state index contributed by atoms with van der Waals surface area (Å²) in [6.45, 7) is 8.48. The highest BCUT2D eigenvalue weighted by molar-refractivity contribution is 7.99. The molecule has 1 aromatic heterocycles. The Morgan fingerprint density at radius 1 is 0.436 bits per heavy atom. The average Bonchev–Trinajstić information content (AvgIpc) is 1.79. The minimum Gasteiger partial charge on any atom is -0.480 e. The van der Waals surface area contributed by atoms with Crippen LogP contribution in [0.25, 0.3) is 10.9 Å². The van der Waals surface area contributed by atoms with Gasteiger partial charge in [-0.1, -0.05) is 90.1 Å². The predicted molar refractivity (Wildman–Crippen MR) is 562 cm³/mol. The third-order valence-electron chi connectivity index (χ3n) is 23.9. The van der Waals surface area contributed by atoms with E-state index in [-0.39, 0.29) is 164 Å². The van der Waals surface area contributed by atoms with Gasteiger partial charge >= 0.3 is 5.97 Å². The van der Waals surface area contributed by atoms with Crippen LogP contribution in [0.5, 0.6) is 0 Å². The number of thioether (sulfide) groups is 3. The number of rotatable bonds is 39. The van der Waals surface area contributed by atoms with Crippen molar-refractivity contribution in [2.24, 2.45) is 57.9 Å². The van der Waals surface area contributed by atoms with E-state index in [1.165, 1.54) is 14.7 Å². The number of nitrogens with two attached hydrogens (primary N) is 7. The first-order valence-electron chi connectivity index (χ1n) is 49.4. The summed E-state index contributed by atoms with van der Waals surface area (Å²) in [6, 6.07) is -7.06. The van der Waals surface area contributed by atoms with Gasteiger partial charge < -0.3 is 161 Å². The number of aromatic amines is 1. The number of primary amides is 1. The van der Waals surface area contributed by atoms with Crippen LogP contribution in [0.4, 0.5) is 0 Å². The van der Waals surface area contributed by atoms with E-state index in [9.17, 15) is 24.3 Å². The summed E-state index contributed by atoms with van der Waals surface area (Å²) in [6.07, 6.45) is -2.45. The number of amides is 17. The van der Waals surface area contributed by atoms with Crippen LogP contribution >= 0.6 is 35.3 Å². The SMILES string of the molecule is CC(C)C[C@@H]1NC(=O)[C@H](CCC(N)=O)NC(=O)[C@H](CCCNC(=N)N)NC(=O)[C@@H]2CSCCC(=O)N3CN(CN(C3)C(=O)CCSC[C@H](NC(=O)[C@@H](N)CCCNC(=N)N)C(=O)N[C@@H](Cc3ccccc3)C(=O)N[C@@H](CCCNC(=N)N)C(=O)N[C@@H](CC(C)C)C(=O)N[C@@H](C(C)C)C(=O)N2)C(=O)CCSC[C@@H](C(=O)N[C@@H](CCCNC(=N)N)C(=O)N[C@@H](Cc2c[nH]c3ccccc23)C(=O)O)NC(=O)[C@H](CCCNC(=N)N)NC1=O. The summed E-state index contributed by atoms with van der Waals surface area (Å²) < 4.78 is 0. The Labute approximate surface area is 876 Å². The number of hydrogen-bond acceptors (Lipinski definition) is 27. The summed E-state index contributed by atoms with van der Waals surface area (Å²) in [4.78, 5) is 274. The molecule has 3 aliphatic rings. The normalized spacial score (nSPS) is 21.9. The fourth-order valence-corrected chi connectivity index (χ4v) is 18.9. The van der Waals surface area contributed by atoms with Crippen LogP contribution in [0.3, 0.4) is 0 Å². The standard InChI is InChI=1S/C93H150N34O19S3/c1-50(2)39-63-81(138)112-61(25-16-35-110-93(104)105)79(136)122-68(84(141)115-60(24-15-34-109-92(102)103)78(135)120-66(88(145)146)42-54-43-111-57-21-11-10-19-55(54)57)45-148-37-29-72(130)126-47-125-48-127(49-126)73(131)30-38-149-46-69(85(142)114-58(22-13-32-107-90(98)99)76(133)116-62(80(137)117-63)26-27-70(95)128)123-87(144)74(52(5)6)124-83(140)64(40-51(3)4)118-77(134)59(23-14-33-108-91(100)101)113-82(139)65(41-53-17-8-7-9-18-53)119-86(143)67(44-147-36-28-71(125)129)121-75(132)56(94)20-12-31-106-89(96)97/h7-11,17-19,21,43,50-52,56,58-69,74,111H,12-16,20,22-42,44-49,94H2,1-6H3,(H2,95,128)(H,112,138)(H,113,139)(H,114,142)(H,115,141)(H,116,133)(H,117,137)(H,118,134)(H,119,143)(H,120,135)(H,121,132)(H,122,136)(H,123,144)(H,124,140)(H,145,146)(H4,96,97,106)(H4,98,99,107)(H4,100,101,108)(H4,102,103,109)(H4,104,105,110)/t56-,58-,59-,60-,61-,62-,63-,64-,65-,66-,67-,68-,69-,74-/m0/s1. The summed E-state index contributed by atoms with van der Waals surface area (Å²) in [5, 5.41) is 98.2. The van der Waals surface area contributed by atoms with Crippen molar-refractivity contribution in [3.05, 3.63) is 71.9 Å². The van der Waals surface area contributed by atoms with Crippen molar-refractivity contribution < 1.29 is 91.4 Å². The van der Waals surface area contributed by atoms with Crippen molar-refractivity contribution in [2.45, 2.75) is 248 Å². The molecular weight excluding hydrogens is 1990 g/mol. The number of nitrogens with zero attached hydrogens (tertiary/aromatic N) is 3. The molecule has 17 amide bonds. The second-order valence-electron chi connectivity index (χ2n) is 37.5. The molecule has 0 aliphatic carbocycles. The van der Waals surface area contributed by atoms with Crippen LogP contribution in [-0.4, -0.2) is 333 Å². The number of benzene rings is 2. The quantitative estimate of drug-likeness (QED) is 0.0144. The minimum absolute atomic E-state index is 0.00313. The van der Waals surface area contributed by atoms with Crippen LogP contribution in [0.2, 0.25) is 0 Å². The molecule has 56 heteroatoms. The largest absolute Gasteiger partial charge is 0.480 e. The monoisotopic (exact) mass is 2140 g/mol. The molecule has 149 heavy (non-hydrogen) atoms. The second-order valence-corrected chi connectivity index (χ2v) is 41.0. The first-order valence-corrected chi connectivity index (χ1v) is 52.9. The van der Waals surface area contributed by atoms with Gasteiger partial charge in [0.2, 0.25) is 100 Å². The number of para-hydroxylation sites is 1. The van der Waals surface area contributed by atoms with Gasteiger partial charge in [-0.2, -0.15) is 35.3 Å². The Balaban J connectivity index is 1.55. The van der Waals surface area contributed by atoms with Crippen LogP contribution in [0.1, 0.15) is 162 Å². The molecule has 53 nitrogen and oxygen atoms in total. The molecule has 0 unspecified atom stereocenters. The maximum absolute atomic E-state index is 15.5. The van der Waals surface area contributed by atoms with Crippen molar-refractivity contribution in [1.82, 2.24) is 115 Å². The number of nitrogens with one attached hydrogen (secondary N) is 24. The molecule has 6 rings (SSSR count). The number of carboxylic acid groups (broad SMARTS) is 1. The molecule has 0 radical (unpaired) electrons. The molecule has 2 aromatic carbocycles. The number of carbonyl (C=O) groups is 18. The molecule has 3 saturated heterocycles. The molecule has 14 atom stereocenters. The van der Waals surface area contributed by atoms with Gasteiger partial charge in [0.05, 0.1) is 26.0 Å². The summed E-state index contributed by atoms with van der Waals surface area (Å²) in [7, 11) is 0. The van der Waals surface area contributed by atoms with Gasteiger partial charge in [-0.25, -0.2) is 4.79 Å². The fraction of sp³-hybridized carbons (Fsp3) is 0.602. The number of hydrogen-bond donors (Lipinski definition) is 32. The lowest BCUT2D eigenvalue weighted by Crippen LogP contribution is -2.62. The second kappa shape index (κ2) is 64.1. The molecule has 3 aliphatic heterocycles. The lowest BCUT2D eigenvalue weighted by Gasteiger charge is -2.42. The number of carboxylic acids is 1. The number of aromatic nitrogens is 1. The smallest absolute Gasteiger partial charge is 0.326 e. The topological polar surface area (TPSA) is 871 Å². The summed E-state index contributed by atoms with van der Waals surface area (Å²) in [5.74, 6) is -23.1. The average molecular weight is 2140 g/mol. The lowest BCUT2D eigenvalue weighted by atomic mass is 9.99. The van der Waals surface area contributed by atoms with Crippen LogP contribution in [0, 0.1) is 44.8 Å². The number of carbonyl (C=O) groups excluding carboxylic acids is 17. The molecule has 0 spiro atoms. The molecule has 4 bridgehead atoms. The first-order chi connectivity index (χ1) is 70.7. The Kier molecular flexibility index (Phi) is 53.2. The van der Waals surface area contributed by atoms with Crippen LogP contribution in [0.15, 0.2) is 60.8 Å². The van der Waals surface area contributed by atoms with E-state index in [4.69, 9.17) is 67.2 Å². The van der Waals surface area contributed by atoms with Gasteiger partial charge in [-0.3, -0.25) is 109 Å². The van der Waals surface area contributed by atoms with Crippen molar-refractivity contribution in [1.29, 1.82) is 27.0 Å². The maximum Gasteiger partial charge on any atom is 0.326 e. The summed E-state index contributed by atoms with van der Waals surface area (Å²) in [5.41, 5.74) is 41.9. The van der Waals surface area contributed by atoms with Crippen molar-refractivity contribution >= 4 is 182 Å². The van der Waals surface area contributed by atoms with Crippen molar-refractivity contribution in [3.8, 4) is 0 Å². The Morgan fingerprint density at radius 2 is 0.846 bits per heavy atom. The van der Waals surface area contributed by atoms with E-state index in [0.29, 0.717) is 22.0 Å². The summed E-state index contributed by atoms with van der Waals surface area (Å²) >= 11 is 2.83. The van der Waals surface area contributed by atoms with Gasteiger partial charge in [-0.05, 0) is 118 Å². The van der Waals surface area contributed by atoms with E-state index < -0.39 is 284 Å². The zero-order valence-electron chi connectivity index (χ0n) is 84.8. The van der Waals surface area contributed by atoms with E-state index in [0.717, 1.165) is 35.3 Å². The third kappa shape index (κ3) is 45.2. The molecule has 3 fully saturated rings. The van der Waals surface area contributed by atoms with Gasteiger partial charge in [0.25, 0.3) is 0 Å². The van der Waals surface area contributed by atoms with Gasteiger partial charge in [0.15, 0.2) is 29.8 Å². The maximum atomic E-state index is 15.5. The molecule has 39 N–H and O–H groups in total. The number of aliphatic carboxylic acids is 1. The third-order valence-corrected chi connectivity index (χ3v) is 27.1. The van der Waals surface area contributed by atoms with Crippen molar-refractivity contribution in [3.63, 3.8) is 0 Å². The fourth-order valence-electron chi connectivity index (χ4n) is 16.0. The van der Waals surface area contributed by atoms with E-state index >= 15 is 67.1 Å². The molecule has 824 valence electrons. The number of fused-ring (bicyclic) bond motifs is 8. The van der Waals surface area contributed by atoms with E-state index in [1.54, 1.807) is 102 Å². The highest BCUT2D eigenvalue weighted by atomic mass is 32.2. The molecule has 3 aromatic rings. The van der Waals surface area contributed by atoms with Gasteiger partial charge in [-0.15, -0.1) is 0 Å². The van der Waals surface area contributed by atoms with Crippen LogP contribution < -0.4 is 136 Å². The Bertz CT molecular complexity index is 5120. The van der Waals surface area contributed by atoms with Gasteiger partial charge in [0.1, 0.15) is 78.5 Å².